The third-order valence-electron chi connectivity index (χ3n) is 4.36. The number of ketones is 1. The second kappa shape index (κ2) is 6.20. The maximum atomic E-state index is 12.3. The lowest BCUT2D eigenvalue weighted by atomic mass is 9.88. The van der Waals surface area contributed by atoms with Crippen LogP contribution in [-0.4, -0.2) is 58.9 Å². The van der Waals surface area contributed by atoms with Gasteiger partial charge in [0.25, 0.3) is 11.7 Å². The average Bonchev–Trinajstić information content (AvgIpc) is 2.49. The minimum absolute atomic E-state index is 0.00907. The van der Waals surface area contributed by atoms with Crippen LogP contribution in [0.3, 0.4) is 0 Å². The first-order valence-electron chi connectivity index (χ1n) is 7.30. The van der Waals surface area contributed by atoms with Crippen molar-refractivity contribution in [3.8, 4) is 0 Å². The molecule has 6 nitrogen and oxygen atoms in total. The Hall–Kier alpha value is -0.980. The maximum Gasteiger partial charge on any atom is 0.295 e. The van der Waals surface area contributed by atoms with Crippen LogP contribution in [-0.2, 0) is 14.3 Å². The molecule has 3 unspecified atom stereocenters. The van der Waals surface area contributed by atoms with E-state index in [0.717, 1.165) is 19.3 Å². The molecular weight excluding hydrogens is 262 g/mol. The molecule has 3 atom stereocenters. The Balaban J connectivity index is 2.06. The minimum Gasteiger partial charge on any atom is -0.396 e. The molecule has 0 aliphatic carbocycles. The van der Waals surface area contributed by atoms with Crippen LogP contribution in [0, 0.1) is 11.8 Å². The third kappa shape index (κ3) is 2.87. The monoisotopic (exact) mass is 285 g/mol. The highest BCUT2D eigenvalue weighted by Gasteiger charge is 2.49. The zero-order valence-electron chi connectivity index (χ0n) is 11.9. The number of piperidine rings is 1. The number of nitrogens with zero attached hydrogens (tertiary/aromatic N) is 1. The van der Waals surface area contributed by atoms with Crippen LogP contribution in [0.2, 0.25) is 0 Å². The Kier molecular flexibility index (Phi) is 4.78. The second-order valence-corrected chi connectivity index (χ2v) is 5.86. The number of amides is 1. The summed E-state index contributed by atoms with van der Waals surface area (Å²) in [4.78, 5) is 26.0. The number of aliphatic hydroxyl groups is 2. The molecular formula is C14H23NO5. The molecule has 6 heteroatoms. The summed E-state index contributed by atoms with van der Waals surface area (Å²) in [5.41, 5.74) is 0. The SMILES string of the molecule is CC1CCCOC1(O)C(=O)C(=O)N1CCCC(CO)C1. The van der Waals surface area contributed by atoms with Gasteiger partial charge in [-0.2, -0.15) is 0 Å². The van der Waals surface area contributed by atoms with E-state index in [0.29, 0.717) is 26.1 Å². The molecule has 2 aliphatic heterocycles. The summed E-state index contributed by atoms with van der Waals surface area (Å²) in [5.74, 6) is -3.92. The van der Waals surface area contributed by atoms with Crippen molar-refractivity contribution >= 4 is 11.7 Å². The Labute approximate surface area is 118 Å². The lowest BCUT2D eigenvalue weighted by molar-refractivity contribution is -0.240. The van der Waals surface area contributed by atoms with E-state index in [1.54, 1.807) is 6.92 Å². The first kappa shape index (κ1) is 15.4. The summed E-state index contributed by atoms with van der Waals surface area (Å²) < 4.78 is 5.21. The zero-order chi connectivity index (χ0) is 14.8. The number of carbonyl (C=O) groups excluding carboxylic acids is 2. The summed E-state index contributed by atoms with van der Waals surface area (Å²) >= 11 is 0. The van der Waals surface area contributed by atoms with Crippen molar-refractivity contribution in [3.63, 3.8) is 0 Å². The van der Waals surface area contributed by atoms with Crippen LogP contribution in [0.5, 0.6) is 0 Å². The molecule has 2 N–H and O–H groups in total. The number of carbonyl (C=O) groups is 2. The Morgan fingerprint density at radius 1 is 1.35 bits per heavy atom. The van der Waals surface area contributed by atoms with Gasteiger partial charge in [-0.05, 0) is 31.6 Å². The van der Waals surface area contributed by atoms with E-state index in [2.05, 4.69) is 0 Å². The number of Topliss-reactive ketones (excluding diaryl/α,β-unsaturated/α-hetero) is 1. The molecule has 2 fully saturated rings. The van der Waals surface area contributed by atoms with Gasteiger partial charge in [0, 0.05) is 25.6 Å². The standard InChI is InChI=1S/C14H23NO5/c1-10-4-3-7-20-14(10,19)12(17)13(18)15-6-2-5-11(8-15)9-16/h10-11,16,19H,2-9H2,1H3. The Bertz CT molecular complexity index is 386. The predicted molar refractivity (Wildman–Crippen MR) is 70.7 cm³/mol. The van der Waals surface area contributed by atoms with Crippen molar-refractivity contribution in [1.29, 1.82) is 0 Å². The zero-order valence-corrected chi connectivity index (χ0v) is 11.9. The lowest BCUT2D eigenvalue weighted by Crippen LogP contribution is -2.57. The van der Waals surface area contributed by atoms with Crippen molar-refractivity contribution in [2.24, 2.45) is 11.8 Å². The number of hydrogen-bond donors (Lipinski definition) is 2. The summed E-state index contributed by atoms with van der Waals surface area (Å²) in [7, 11) is 0. The van der Waals surface area contributed by atoms with Crippen LogP contribution in [0.25, 0.3) is 0 Å². The normalized spacial score (nSPS) is 34.9. The van der Waals surface area contributed by atoms with E-state index in [-0.39, 0.29) is 18.4 Å². The number of aliphatic hydroxyl groups excluding tert-OH is 1. The highest BCUT2D eigenvalue weighted by molar-refractivity contribution is 6.38. The van der Waals surface area contributed by atoms with Gasteiger partial charge in [-0.15, -0.1) is 0 Å². The van der Waals surface area contributed by atoms with Crippen LogP contribution >= 0.6 is 0 Å². The molecule has 2 aliphatic rings. The van der Waals surface area contributed by atoms with Gasteiger partial charge in [0.15, 0.2) is 0 Å². The topological polar surface area (TPSA) is 87.1 Å². The molecule has 0 radical (unpaired) electrons. The first-order chi connectivity index (χ1) is 9.49. The van der Waals surface area contributed by atoms with Crippen molar-refractivity contribution < 1.29 is 24.5 Å². The van der Waals surface area contributed by atoms with Gasteiger partial charge < -0.3 is 19.8 Å². The molecule has 0 aromatic heterocycles. The molecule has 0 saturated carbocycles. The highest BCUT2D eigenvalue weighted by atomic mass is 16.6. The molecule has 20 heavy (non-hydrogen) atoms. The van der Waals surface area contributed by atoms with Gasteiger partial charge in [0.05, 0.1) is 6.61 Å². The molecule has 0 aromatic rings. The van der Waals surface area contributed by atoms with Crippen molar-refractivity contribution in [3.05, 3.63) is 0 Å². The summed E-state index contributed by atoms with van der Waals surface area (Å²) in [6.07, 6.45) is 3.06. The fourth-order valence-electron chi connectivity index (χ4n) is 2.94. The van der Waals surface area contributed by atoms with Gasteiger partial charge in [-0.25, -0.2) is 0 Å². The van der Waals surface area contributed by atoms with Crippen molar-refractivity contribution in [1.82, 2.24) is 4.90 Å². The smallest absolute Gasteiger partial charge is 0.295 e. The third-order valence-corrected chi connectivity index (χ3v) is 4.36. The van der Waals surface area contributed by atoms with Crippen LogP contribution in [0.1, 0.15) is 32.6 Å². The van der Waals surface area contributed by atoms with Gasteiger partial charge in [0.2, 0.25) is 5.79 Å². The lowest BCUT2D eigenvalue weighted by Gasteiger charge is -2.38. The maximum absolute atomic E-state index is 12.3. The molecule has 0 aromatic carbocycles. The van der Waals surface area contributed by atoms with E-state index < -0.39 is 17.5 Å². The summed E-state index contributed by atoms with van der Waals surface area (Å²) in [6, 6.07) is 0. The second-order valence-electron chi connectivity index (χ2n) is 5.86. The molecule has 2 rings (SSSR count). The van der Waals surface area contributed by atoms with Gasteiger partial charge >= 0.3 is 0 Å². The van der Waals surface area contributed by atoms with Gasteiger partial charge in [-0.3, -0.25) is 9.59 Å². The number of hydrogen-bond acceptors (Lipinski definition) is 5. The van der Waals surface area contributed by atoms with E-state index >= 15 is 0 Å². The fourth-order valence-corrected chi connectivity index (χ4v) is 2.94. The molecule has 2 heterocycles. The van der Waals surface area contributed by atoms with Crippen LogP contribution < -0.4 is 0 Å². The summed E-state index contributed by atoms with van der Waals surface area (Å²) in [5, 5.41) is 19.5. The van der Waals surface area contributed by atoms with Gasteiger partial charge in [0.1, 0.15) is 0 Å². The number of ether oxygens (including phenoxy) is 1. The Morgan fingerprint density at radius 3 is 2.75 bits per heavy atom. The highest BCUT2D eigenvalue weighted by Crippen LogP contribution is 2.30. The quantitative estimate of drug-likeness (QED) is 0.708. The van der Waals surface area contributed by atoms with E-state index in [1.807, 2.05) is 0 Å². The number of likely N-dealkylation sites (tertiary alicyclic amines) is 1. The van der Waals surface area contributed by atoms with Crippen LogP contribution in [0.4, 0.5) is 0 Å². The molecule has 0 bridgehead atoms. The molecule has 0 spiro atoms. The van der Waals surface area contributed by atoms with E-state index in [9.17, 15) is 19.8 Å². The van der Waals surface area contributed by atoms with E-state index in [1.165, 1.54) is 4.90 Å². The number of rotatable bonds is 3. The van der Waals surface area contributed by atoms with Crippen LogP contribution in [0.15, 0.2) is 0 Å². The van der Waals surface area contributed by atoms with Crippen molar-refractivity contribution in [2.45, 2.75) is 38.4 Å². The fraction of sp³-hybridized carbons (Fsp3) is 0.857. The van der Waals surface area contributed by atoms with Gasteiger partial charge in [-0.1, -0.05) is 6.92 Å². The predicted octanol–water partition coefficient (Wildman–Crippen LogP) is -0.0785. The largest absolute Gasteiger partial charge is 0.396 e. The van der Waals surface area contributed by atoms with Crippen molar-refractivity contribution in [2.75, 3.05) is 26.3 Å². The average molecular weight is 285 g/mol. The molecule has 114 valence electrons. The summed E-state index contributed by atoms with van der Waals surface area (Å²) in [6.45, 7) is 2.88. The first-order valence-corrected chi connectivity index (χ1v) is 7.30. The molecule has 2 saturated heterocycles. The minimum atomic E-state index is -1.98. The molecule has 1 amide bonds. The van der Waals surface area contributed by atoms with E-state index in [4.69, 9.17) is 4.74 Å². The Morgan fingerprint density at radius 2 is 2.10 bits per heavy atom.